The Bertz CT molecular complexity index is 1140. The summed E-state index contributed by atoms with van der Waals surface area (Å²) in [4.78, 5) is 0. The van der Waals surface area contributed by atoms with Crippen LogP contribution in [0.2, 0.25) is 0 Å². The molecule has 0 aromatic heterocycles. The van der Waals surface area contributed by atoms with E-state index in [1.165, 1.54) is 11.1 Å². The van der Waals surface area contributed by atoms with Crippen LogP contribution in [0.1, 0.15) is 36.1 Å². The van der Waals surface area contributed by atoms with Gasteiger partial charge in [0.2, 0.25) is 0 Å². The van der Waals surface area contributed by atoms with Crippen molar-refractivity contribution in [2.45, 2.75) is 19.3 Å². The molecule has 1 aliphatic rings. The van der Waals surface area contributed by atoms with E-state index in [9.17, 15) is 0 Å². The van der Waals surface area contributed by atoms with Crippen molar-refractivity contribution in [1.29, 1.82) is 0 Å². The molecule has 3 heteroatoms. The summed E-state index contributed by atoms with van der Waals surface area (Å²) in [5, 5.41) is 0. The zero-order valence-electron chi connectivity index (χ0n) is 16.8. The first-order valence-corrected chi connectivity index (χ1v) is 10.7. The number of rotatable bonds is 0. The number of fused-ring (bicyclic) bond motifs is 2. The largest absolute Gasteiger partial charge is 2.00 e. The molecule has 0 saturated heterocycles. The number of ether oxygens (including phenoxy) is 1. The molecule has 150 valence electrons. The average Bonchev–Trinajstić information content (AvgIpc) is 3.44. The second kappa shape index (κ2) is 9.70. The van der Waals surface area contributed by atoms with Crippen LogP contribution >= 0.6 is 22.6 Å². The second-order valence-corrected chi connectivity index (χ2v) is 8.57. The number of hydrogen-bond donors (Lipinski definition) is 0. The minimum atomic E-state index is -0.109. The van der Waals surface area contributed by atoms with Crippen LogP contribution in [0.4, 0.5) is 0 Å². The minimum absolute atomic E-state index is 0. The molecule has 0 aliphatic carbocycles. The molecule has 0 bridgehead atoms. The van der Waals surface area contributed by atoms with Crippen LogP contribution in [-0.2, 0) is 22.5 Å². The van der Waals surface area contributed by atoms with E-state index >= 15 is 0 Å². The number of para-hydroxylation sites is 2. The third-order valence-electron chi connectivity index (χ3n) is 5.09. The van der Waals surface area contributed by atoms with Crippen molar-refractivity contribution < 1.29 is 21.8 Å². The van der Waals surface area contributed by atoms with Gasteiger partial charge in [-0.3, -0.25) is 0 Å². The Kier molecular flexibility index (Phi) is 7.26. The van der Waals surface area contributed by atoms with E-state index in [0.717, 1.165) is 26.2 Å². The molecule has 0 amide bonds. The van der Waals surface area contributed by atoms with Crippen molar-refractivity contribution in [3.05, 3.63) is 117 Å². The van der Waals surface area contributed by atoms with E-state index in [-0.39, 0.29) is 22.5 Å². The van der Waals surface area contributed by atoms with Crippen molar-refractivity contribution >= 4 is 22.6 Å². The first-order chi connectivity index (χ1) is 14.1. The fraction of sp³-hybridized carbons (Fsp3) is 0.111. The standard InChI is InChI=1S/C22H16IO.C5H5.Fe/c1-22(2)17-10-5-9-16(14-13-15-7-3-4-8-15)20(17)24-21-18(22)11-6-12-19(21)23;1-2-4-5-3-1;/h3-12H,1-2H3;1-5H;/q2*-1;+2. The molecule has 1 aliphatic heterocycles. The van der Waals surface area contributed by atoms with Crippen LogP contribution in [0.5, 0.6) is 11.5 Å². The minimum Gasteiger partial charge on any atom is -0.455 e. The van der Waals surface area contributed by atoms with Crippen molar-refractivity contribution in [3.63, 3.8) is 0 Å². The van der Waals surface area contributed by atoms with Gasteiger partial charge in [-0.2, -0.15) is 42.2 Å². The van der Waals surface area contributed by atoms with E-state index in [0.29, 0.717) is 0 Å². The molecular weight excluding hydrogens is 523 g/mol. The second-order valence-electron chi connectivity index (χ2n) is 7.41. The summed E-state index contributed by atoms with van der Waals surface area (Å²) in [5.74, 6) is 8.35. The van der Waals surface area contributed by atoms with Gasteiger partial charge in [0.25, 0.3) is 0 Å². The van der Waals surface area contributed by atoms with E-state index in [4.69, 9.17) is 4.74 Å². The Morgan fingerprint density at radius 1 is 0.867 bits per heavy atom. The molecule has 1 heterocycles. The molecule has 0 unspecified atom stereocenters. The number of halogens is 1. The van der Waals surface area contributed by atoms with Gasteiger partial charge in [0.1, 0.15) is 11.5 Å². The van der Waals surface area contributed by atoms with E-state index in [2.05, 4.69) is 78.6 Å². The average molecular weight is 544 g/mol. The third-order valence-corrected chi connectivity index (χ3v) is 5.94. The van der Waals surface area contributed by atoms with E-state index in [1.807, 2.05) is 60.7 Å². The quantitative estimate of drug-likeness (QED) is 0.0982. The zero-order chi connectivity index (χ0) is 20.3. The molecule has 0 spiro atoms. The van der Waals surface area contributed by atoms with Gasteiger partial charge >= 0.3 is 17.1 Å². The monoisotopic (exact) mass is 544 g/mol. The Labute approximate surface area is 202 Å². The smallest absolute Gasteiger partial charge is 0.455 e. The summed E-state index contributed by atoms with van der Waals surface area (Å²) in [5.41, 5.74) is 4.27. The number of hydrogen-bond acceptors (Lipinski definition) is 1. The molecule has 0 saturated carbocycles. The molecule has 30 heavy (non-hydrogen) atoms. The summed E-state index contributed by atoms with van der Waals surface area (Å²) in [6, 6.07) is 30.6. The maximum absolute atomic E-state index is 6.33. The van der Waals surface area contributed by atoms with Gasteiger partial charge in [-0.05, 0) is 28.7 Å². The van der Waals surface area contributed by atoms with Crippen molar-refractivity contribution in [1.82, 2.24) is 0 Å². The van der Waals surface area contributed by atoms with Gasteiger partial charge in [-0.15, -0.1) is 12.1 Å². The molecule has 4 aromatic carbocycles. The van der Waals surface area contributed by atoms with E-state index in [1.54, 1.807) is 0 Å². The molecular formula is C27H21FeIO. The molecule has 5 rings (SSSR count). The van der Waals surface area contributed by atoms with Crippen molar-refractivity contribution in [2.75, 3.05) is 0 Å². The first-order valence-electron chi connectivity index (χ1n) is 9.58. The fourth-order valence-corrected chi connectivity index (χ4v) is 4.12. The molecule has 1 nitrogen and oxygen atoms in total. The van der Waals surface area contributed by atoms with Gasteiger partial charge in [0.05, 0.1) is 3.57 Å². The van der Waals surface area contributed by atoms with Gasteiger partial charge in [-0.1, -0.05) is 49.7 Å². The predicted molar refractivity (Wildman–Crippen MR) is 128 cm³/mol. The zero-order valence-corrected chi connectivity index (χ0v) is 20.1. The van der Waals surface area contributed by atoms with Crippen LogP contribution in [0.3, 0.4) is 0 Å². The van der Waals surface area contributed by atoms with Crippen LogP contribution in [0.15, 0.2) is 91.0 Å². The van der Waals surface area contributed by atoms with Crippen LogP contribution in [0, 0.1) is 15.4 Å². The normalized spacial score (nSPS) is 12.5. The summed E-state index contributed by atoms with van der Waals surface area (Å²) in [6.07, 6.45) is 0. The fourth-order valence-electron chi connectivity index (χ4n) is 3.51. The first kappa shape index (κ1) is 22.4. The Hall–Kier alpha value is -2.25. The van der Waals surface area contributed by atoms with Gasteiger partial charge in [0.15, 0.2) is 0 Å². The van der Waals surface area contributed by atoms with Gasteiger partial charge in [-0.25, -0.2) is 12.1 Å². The SMILES string of the molecule is CC1(C)c2cccc(I)c2Oc2c(C#C[c-]3cccc3)cccc21.[Fe+2].c1cc[cH-]c1. The summed E-state index contributed by atoms with van der Waals surface area (Å²) in [7, 11) is 0. The predicted octanol–water partition coefficient (Wildman–Crippen LogP) is 7.24. The van der Waals surface area contributed by atoms with Gasteiger partial charge < -0.3 is 4.74 Å². The molecule has 0 atom stereocenters. The number of benzene rings is 2. The third kappa shape index (κ3) is 4.57. The summed E-state index contributed by atoms with van der Waals surface area (Å²) >= 11 is 2.34. The Morgan fingerprint density at radius 3 is 2.13 bits per heavy atom. The Balaban J connectivity index is 0.000000376. The van der Waals surface area contributed by atoms with Crippen LogP contribution in [0.25, 0.3) is 0 Å². The molecule has 0 fully saturated rings. The molecule has 0 N–H and O–H groups in total. The maximum Gasteiger partial charge on any atom is 2.00 e. The van der Waals surface area contributed by atoms with Crippen LogP contribution < -0.4 is 4.74 Å². The van der Waals surface area contributed by atoms with Crippen molar-refractivity contribution in [2.24, 2.45) is 0 Å². The van der Waals surface area contributed by atoms with Crippen molar-refractivity contribution in [3.8, 4) is 23.3 Å². The Morgan fingerprint density at radius 2 is 1.50 bits per heavy atom. The summed E-state index contributed by atoms with van der Waals surface area (Å²) in [6.45, 7) is 4.50. The topological polar surface area (TPSA) is 9.23 Å². The molecule has 0 radical (unpaired) electrons. The van der Waals surface area contributed by atoms with Gasteiger partial charge in [0, 0.05) is 22.1 Å². The van der Waals surface area contributed by atoms with Crippen LogP contribution in [-0.4, -0.2) is 0 Å². The van der Waals surface area contributed by atoms with E-state index < -0.39 is 0 Å². The molecule has 4 aromatic rings. The maximum atomic E-state index is 6.33. The summed E-state index contributed by atoms with van der Waals surface area (Å²) < 4.78 is 7.46.